The summed E-state index contributed by atoms with van der Waals surface area (Å²) in [5.41, 5.74) is 1.13. The van der Waals surface area contributed by atoms with Crippen LogP contribution in [0.4, 0.5) is 0 Å². The molecule has 1 rings (SSSR count). The minimum atomic E-state index is -0.0336. The highest BCUT2D eigenvalue weighted by Gasteiger charge is 2.31. The summed E-state index contributed by atoms with van der Waals surface area (Å²) in [6.45, 7) is 13.5. The molecule has 0 aromatic heterocycles. The minimum absolute atomic E-state index is 0.0170. The quantitative estimate of drug-likeness (QED) is 0.570. The minimum Gasteiger partial charge on any atom is -0.308 e. The van der Waals surface area contributed by atoms with Crippen LogP contribution in [0.5, 0.6) is 0 Å². The monoisotopic (exact) mass is 173 g/mol. The summed E-state index contributed by atoms with van der Waals surface area (Å²) in [5.74, 6) is 0. The summed E-state index contributed by atoms with van der Waals surface area (Å²) in [6, 6.07) is 9.96. The lowest BCUT2D eigenvalue weighted by atomic mass is 9.83. The van der Waals surface area contributed by atoms with Crippen molar-refractivity contribution in [2.75, 3.05) is 0 Å². The van der Waals surface area contributed by atoms with E-state index >= 15 is 0 Å². The molecule has 1 nitrogen and oxygen atoms in total. The maximum Gasteiger partial charge on any atom is 0.253 e. The highest BCUT2D eigenvalue weighted by Crippen LogP contribution is 2.35. The third-order valence-corrected chi connectivity index (χ3v) is 2.06. The lowest BCUT2D eigenvalue weighted by Crippen LogP contribution is -2.14. The van der Waals surface area contributed by atoms with Crippen molar-refractivity contribution >= 4 is 0 Å². The fourth-order valence-electron chi connectivity index (χ4n) is 1.40. The summed E-state index contributed by atoms with van der Waals surface area (Å²) in [7, 11) is 0. The number of nitrogens with zero attached hydrogens (tertiary/aromatic N) is 1. The summed E-state index contributed by atoms with van der Waals surface area (Å²) in [6.07, 6.45) is 0. The number of hydrogen-bond acceptors (Lipinski definition) is 0. The second-order valence-electron chi connectivity index (χ2n) is 4.31. The Morgan fingerprint density at radius 2 is 1.69 bits per heavy atom. The van der Waals surface area contributed by atoms with Crippen LogP contribution < -0.4 is 0 Å². The first kappa shape index (κ1) is 9.80. The summed E-state index contributed by atoms with van der Waals surface area (Å²) in [5, 5.41) is 0. The molecule has 0 aliphatic heterocycles. The van der Waals surface area contributed by atoms with Crippen molar-refractivity contribution in [1.82, 2.24) is 0 Å². The lowest BCUT2D eigenvalue weighted by molar-refractivity contribution is 0.364. The van der Waals surface area contributed by atoms with Crippen LogP contribution in [0.3, 0.4) is 0 Å². The molecule has 0 aliphatic carbocycles. The molecule has 68 valence electrons. The fourth-order valence-corrected chi connectivity index (χ4v) is 1.40. The van der Waals surface area contributed by atoms with Crippen LogP contribution in [0.1, 0.15) is 32.4 Å². The van der Waals surface area contributed by atoms with Crippen molar-refractivity contribution < 1.29 is 0 Å². The van der Waals surface area contributed by atoms with Crippen LogP contribution in [0.2, 0.25) is 0 Å². The van der Waals surface area contributed by atoms with Gasteiger partial charge >= 0.3 is 0 Å². The Hall–Kier alpha value is -1.29. The van der Waals surface area contributed by atoms with E-state index in [2.05, 4.69) is 25.6 Å². The number of benzene rings is 1. The van der Waals surface area contributed by atoms with Crippen LogP contribution in [0.25, 0.3) is 4.85 Å². The van der Waals surface area contributed by atoms with Gasteiger partial charge in [0.05, 0.1) is 0 Å². The highest BCUT2D eigenvalue weighted by molar-refractivity contribution is 5.23. The molecule has 0 radical (unpaired) electrons. The lowest BCUT2D eigenvalue weighted by Gasteiger charge is -2.20. The first-order chi connectivity index (χ1) is 6.05. The first-order valence-corrected chi connectivity index (χ1v) is 4.47. The SMILES string of the molecule is [C-]#[N+]C(c1ccccc1)C(C)(C)C. The molecule has 0 bridgehead atoms. The third-order valence-electron chi connectivity index (χ3n) is 2.06. The Bertz CT molecular complexity index is 300. The van der Waals surface area contributed by atoms with Crippen LogP contribution >= 0.6 is 0 Å². The second-order valence-corrected chi connectivity index (χ2v) is 4.31. The Morgan fingerprint density at radius 1 is 1.15 bits per heavy atom. The molecule has 0 fully saturated rings. The molecular weight excluding hydrogens is 158 g/mol. The third kappa shape index (κ3) is 2.32. The smallest absolute Gasteiger partial charge is 0.253 e. The van der Waals surface area contributed by atoms with Crippen LogP contribution in [0.15, 0.2) is 30.3 Å². The van der Waals surface area contributed by atoms with Gasteiger partial charge < -0.3 is 4.85 Å². The van der Waals surface area contributed by atoms with Gasteiger partial charge in [0.1, 0.15) is 0 Å². The van der Waals surface area contributed by atoms with Gasteiger partial charge in [-0.25, -0.2) is 6.57 Å². The average Bonchev–Trinajstić information content (AvgIpc) is 2.05. The number of hydrogen-bond donors (Lipinski definition) is 0. The number of rotatable bonds is 1. The van der Waals surface area contributed by atoms with Crippen molar-refractivity contribution in [3.8, 4) is 0 Å². The molecule has 0 saturated heterocycles. The van der Waals surface area contributed by atoms with E-state index in [1.54, 1.807) is 0 Å². The van der Waals surface area contributed by atoms with Crippen molar-refractivity contribution in [1.29, 1.82) is 0 Å². The molecule has 0 heterocycles. The average molecular weight is 173 g/mol. The van der Waals surface area contributed by atoms with Crippen LogP contribution in [-0.4, -0.2) is 0 Å². The van der Waals surface area contributed by atoms with E-state index in [4.69, 9.17) is 6.57 Å². The van der Waals surface area contributed by atoms with Gasteiger partial charge in [-0.3, -0.25) is 0 Å². The van der Waals surface area contributed by atoms with Gasteiger partial charge in [0.25, 0.3) is 6.04 Å². The first-order valence-electron chi connectivity index (χ1n) is 4.47. The molecule has 1 unspecified atom stereocenters. The summed E-state index contributed by atoms with van der Waals surface area (Å²) in [4.78, 5) is 3.68. The molecule has 0 saturated carbocycles. The Labute approximate surface area is 80.2 Å². The van der Waals surface area contributed by atoms with Gasteiger partial charge in [-0.15, -0.1) is 0 Å². The predicted octanol–water partition coefficient (Wildman–Crippen LogP) is 3.69. The summed E-state index contributed by atoms with van der Waals surface area (Å²) < 4.78 is 0. The van der Waals surface area contributed by atoms with Crippen molar-refractivity contribution in [3.63, 3.8) is 0 Å². The largest absolute Gasteiger partial charge is 0.308 e. The van der Waals surface area contributed by atoms with Gasteiger partial charge in [0.15, 0.2) is 0 Å². The molecule has 0 spiro atoms. The fraction of sp³-hybridized carbons (Fsp3) is 0.417. The van der Waals surface area contributed by atoms with Crippen LogP contribution in [-0.2, 0) is 0 Å². The van der Waals surface area contributed by atoms with Gasteiger partial charge in [0.2, 0.25) is 0 Å². The van der Waals surface area contributed by atoms with Gasteiger partial charge in [-0.1, -0.05) is 51.1 Å². The standard InChI is InChI=1S/C12H15N/c1-12(2,3)11(13-4)10-8-6-5-7-9-10/h5-9,11H,1-3H3. The molecule has 1 aromatic rings. The van der Waals surface area contributed by atoms with E-state index < -0.39 is 0 Å². The van der Waals surface area contributed by atoms with Crippen molar-refractivity contribution in [2.45, 2.75) is 26.8 Å². The summed E-state index contributed by atoms with van der Waals surface area (Å²) >= 11 is 0. The Morgan fingerprint density at radius 3 is 2.08 bits per heavy atom. The van der Waals surface area contributed by atoms with Crippen molar-refractivity contribution in [3.05, 3.63) is 47.3 Å². The van der Waals surface area contributed by atoms with E-state index in [0.717, 1.165) is 5.56 Å². The zero-order valence-electron chi connectivity index (χ0n) is 8.41. The zero-order valence-corrected chi connectivity index (χ0v) is 8.41. The van der Waals surface area contributed by atoms with Crippen LogP contribution in [0, 0.1) is 12.0 Å². The van der Waals surface area contributed by atoms with Gasteiger partial charge in [0, 0.05) is 11.0 Å². The topological polar surface area (TPSA) is 4.36 Å². The normalized spacial score (nSPS) is 13.4. The maximum absolute atomic E-state index is 7.18. The Balaban J connectivity index is 3.01. The van der Waals surface area contributed by atoms with E-state index in [-0.39, 0.29) is 11.5 Å². The van der Waals surface area contributed by atoms with E-state index in [1.807, 2.05) is 30.3 Å². The van der Waals surface area contributed by atoms with E-state index in [9.17, 15) is 0 Å². The van der Waals surface area contributed by atoms with E-state index in [0.29, 0.717) is 0 Å². The van der Waals surface area contributed by atoms with E-state index in [1.165, 1.54) is 0 Å². The molecule has 0 amide bonds. The molecule has 1 atom stereocenters. The highest BCUT2D eigenvalue weighted by atomic mass is 14.7. The maximum atomic E-state index is 7.18. The zero-order chi connectivity index (χ0) is 9.90. The molecule has 13 heavy (non-hydrogen) atoms. The molecule has 0 aliphatic rings. The Kier molecular flexibility index (Phi) is 2.72. The molecule has 1 heteroatoms. The molecule has 1 aromatic carbocycles. The van der Waals surface area contributed by atoms with Gasteiger partial charge in [-0.05, 0) is 0 Å². The van der Waals surface area contributed by atoms with Gasteiger partial charge in [-0.2, -0.15) is 0 Å². The molecule has 0 N–H and O–H groups in total. The predicted molar refractivity (Wildman–Crippen MR) is 55.2 cm³/mol. The second kappa shape index (κ2) is 3.62. The van der Waals surface area contributed by atoms with Crippen molar-refractivity contribution in [2.24, 2.45) is 5.41 Å². The molecular formula is C12H15N.